The van der Waals surface area contributed by atoms with Gasteiger partial charge in [-0.15, -0.1) is 0 Å². The fourth-order valence-electron chi connectivity index (χ4n) is 1.58. The van der Waals surface area contributed by atoms with Crippen LogP contribution in [-0.4, -0.2) is 11.0 Å². The second kappa shape index (κ2) is 4.99. The Bertz CT molecular complexity index is 439. The fraction of sp³-hybridized carbons (Fsp3) is 0.250. The minimum atomic E-state index is 0.355. The average molecular weight is 233 g/mol. The molecule has 2 aromatic rings. The van der Waals surface area contributed by atoms with Gasteiger partial charge in [-0.25, -0.2) is 4.98 Å². The van der Waals surface area contributed by atoms with E-state index in [1.54, 1.807) is 6.20 Å². The lowest BCUT2D eigenvalue weighted by Crippen LogP contribution is -2.17. The van der Waals surface area contributed by atoms with Crippen LogP contribution in [0.2, 0.25) is 0 Å². The third-order valence-corrected chi connectivity index (χ3v) is 3.04. The van der Waals surface area contributed by atoms with Crippen LogP contribution in [0.5, 0.6) is 0 Å². The number of nitrogens with zero attached hydrogens (tertiary/aromatic N) is 1. The number of nitrogen functional groups attached to an aromatic ring is 1. The maximum Gasteiger partial charge on any atom is 0.184 e. The number of thiazole rings is 1. The summed E-state index contributed by atoms with van der Waals surface area (Å²) >= 11 is 1.48. The van der Waals surface area contributed by atoms with Crippen molar-refractivity contribution >= 4 is 21.5 Å². The van der Waals surface area contributed by atoms with Crippen molar-refractivity contribution in [2.24, 2.45) is 0 Å². The van der Waals surface area contributed by atoms with Crippen molar-refractivity contribution in [3.8, 4) is 0 Å². The Kier molecular flexibility index (Phi) is 3.41. The first kappa shape index (κ1) is 11.0. The molecule has 16 heavy (non-hydrogen) atoms. The van der Waals surface area contributed by atoms with Crippen LogP contribution in [0.3, 0.4) is 0 Å². The molecule has 0 aliphatic heterocycles. The molecule has 0 aliphatic rings. The standard InChI is InChI=1S/C12H15N3S/c1-9(7-10-5-3-2-4-6-10)15-12-14-8-11(13)16-12/h2-6,8-9H,7,13H2,1H3,(H,14,15). The predicted octanol–water partition coefficient (Wildman–Crippen LogP) is 2.77. The average Bonchev–Trinajstić information content (AvgIpc) is 2.65. The van der Waals surface area contributed by atoms with E-state index in [9.17, 15) is 0 Å². The van der Waals surface area contributed by atoms with E-state index >= 15 is 0 Å². The zero-order chi connectivity index (χ0) is 11.4. The van der Waals surface area contributed by atoms with Crippen LogP contribution in [-0.2, 0) is 6.42 Å². The van der Waals surface area contributed by atoms with Crippen LogP contribution in [0.15, 0.2) is 36.5 Å². The van der Waals surface area contributed by atoms with Gasteiger partial charge >= 0.3 is 0 Å². The molecule has 1 aromatic heterocycles. The van der Waals surface area contributed by atoms with E-state index in [4.69, 9.17) is 5.73 Å². The maximum atomic E-state index is 5.62. The van der Waals surface area contributed by atoms with Gasteiger partial charge in [0.15, 0.2) is 5.13 Å². The lowest BCUT2D eigenvalue weighted by atomic mass is 10.1. The summed E-state index contributed by atoms with van der Waals surface area (Å²) in [6, 6.07) is 10.8. The molecule has 0 spiro atoms. The fourth-order valence-corrected chi connectivity index (χ4v) is 2.28. The van der Waals surface area contributed by atoms with Gasteiger partial charge in [-0.05, 0) is 18.9 Å². The summed E-state index contributed by atoms with van der Waals surface area (Å²) in [6.07, 6.45) is 2.67. The third kappa shape index (κ3) is 2.97. The van der Waals surface area contributed by atoms with Crippen LogP contribution in [0.1, 0.15) is 12.5 Å². The Morgan fingerprint density at radius 1 is 1.38 bits per heavy atom. The molecule has 0 saturated carbocycles. The number of nitrogens with one attached hydrogen (secondary N) is 1. The highest BCUT2D eigenvalue weighted by atomic mass is 32.1. The highest BCUT2D eigenvalue weighted by Crippen LogP contribution is 2.20. The number of hydrogen-bond donors (Lipinski definition) is 2. The van der Waals surface area contributed by atoms with E-state index in [-0.39, 0.29) is 0 Å². The van der Waals surface area contributed by atoms with E-state index in [0.29, 0.717) is 6.04 Å². The van der Waals surface area contributed by atoms with E-state index in [0.717, 1.165) is 16.6 Å². The summed E-state index contributed by atoms with van der Waals surface area (Å²) in [5, 5.41) is 4.97. The molecule has 4 heteroatoms. The molecule has 0 aliphatic carbocycles. The van der Waals surface area contributed by atoms with Crippen molar-refractivity contribution < 1.29 is 0 Å². The van der Waals surface area contributed by atoms with Gasteiger partial charge in [0, 0.05) is 6.04 Å². The second-order valence-corrected chi connectivity index (χ2v) is 4.87. The van der Waals surface area contributed by atoms with Gasteiger partial charge in [-0.1, -0.05) is 41.7 Å². The Morgan fingerprint density at radius 3 is 2.75 bits per heavy atom. The molecule has 1 heterocycles. The number of nitrogens with two attached hydrogens (primary N) is 1. The molecule has 0 radical (unpaired) electrons. The van der Waals surface area contributed by atoms with Gasteiger partial charge < -0.3 is 11.1 Å². The first-order valence-corrected chi connectivity index (χ1v) is 6.07. The number of hydrogen-bond acceptors (Lipinski definition) is 4. The van der Waals surface area contributed by atoms with Gasteiger partial charge in [0.1, 0.15) is 5.00 Å². The minimum absolute atomic E-state index is 0.355. The lowest BCUT2D eigenvalue weighted by Gasteiger charge is -2.12. The molecule has 0 fully saturated rings. The normalized spacial score (nSPS) is 12.3. The summed E-state index contributed by atoms with van der Waals surface area (Å²) in [5.41, 5.74) is 6.95. The number of anilines is 2. The van der Waals surface area contributed by atoms with E-state index in [1.807, 2.05) is 6.07 Å². The van der Waals surface area contributed by atoms with Crippen LogP contribution < -0.4 is 11.1 Å². The molecule has 3 nitrogen and oxygen atoms in total. The van der Waals surface area contributed by atoms with Crippen LogP contribution >= 0.6 is 11.3 Å². The molecule has 84 valence electrons. The maximum absolute atomic E-state index is 5.62. The van der Waals surface area contributed by atoms with E-state index in [1.165, 1.54) is 16.9 Å². The molecule has 0 amide bonds. The second-order valence-electron chi connectivity index (χ2n) is 3.80. The Balaban J connectivity index is 1.92. The Morgan fingerprint density at radius 2 is 2.12 bits per heavy atom. The monoisotopic (exact) mass is 233 g/mol. The predicted molar refractivity (Wildman–Crippen MR) is 69.8 cm³/mol. The van der Waals surface area contributed by atoms with Gasteiger partial charge in [0.25, 0.3) is 0 Å². The number of benzene rings is 1. The Labute approximate surface area is 99.3 Å². The summed E-state index contributed by atoms with van der Waals surface area (Å²) in [5.74, 6) is 0. The molecule has 2 rings (SSSR count). The molecule has 3 N–H and O–H groups in total. The van der Waals surface area contributed by atoms with Gasteiger partial charge in [0.05, 0.1) is 6.20 Å². The third-order valence-electron chi connectivity index (χ3n) is 2.28. The van der Waals surface area contributed by atoms with Crippen LogP contribution in [0.4, 0.5) is 10.1 Å². The molecular weight excluding hydrogens is 218 g/mol. The smallest absolute Gasteiger partial charge is 0.184 e. The highest BCUT2D eigenvalue weighted by molar-refractivity contribution is 7.19. The summed E-state index contributed by atoms with van der Waals surface area (Å²) in [4.78, 5) is 4.18. The summed E-state index contributed by atoms with van der Waals surface area (Å²) < 4.78 is 0. The first-order chi connectivity index (χ1) is 7.74. The molecule has 1 atom stereocenters. The minimum Gasteiger partial charge on any atom is -0.389 e. The van der Waals surface area contributed by atoms with Gasteiger partial charge in [0.2, 0.25) is 0 Å². The molecule has 0 bridgehead atoms. The highest BCUT2D eigenvalue weighted by Gasteiger charge is 2.05. The zero-order valence-corrected chi connectivity index (χ0v) is 10.00. The number of aromatic nitrogens is 1. The van der Waals surface area contributed by atoms with Crippen molar-refractivity contribution in [1.82, 2.24) is 4.98 Å². The molecular formula is C12H15N3S. The number of rotatable bonds is 4. The first-order valence-electron chi connectivity index (χ1n) is 5.26. The largest absolute Gasteiger partial charge is 0.389 e. The van der Waals surface area contributed by atoms with Crippen molar-refractivity contribution in [1.29, 1.82) is 0 Å². The summed E-state index contributed by atoms with van der Waals surface area (Å²) in [7, 11) is 0. The SMILES string of the molecule is CC(Cc1ccccc1)Nc1ncc(N)s1. The van der Waals surface area contributed by atoms with E-state index < -0.39 is 0 Å². The molecule has 1 aromatic carbocycles. The summed E-state index contributed by atoms with van der Waals surface area (Å²) in [6.45, 7) is 2.14. The van der Waals surface area contributed by atoms with Gasteiger partial charge in [-0.3, -0.25) is 0 Å². The Hall–Kier alpha value is -1.55. The topological polar surface area (TPSA) is 50.9 Å². The van der Waals surface area contributed by atoms with Crippen LogP contribution in [0, 0.1) is 0 Å². The van der Waals surface area contributed by atoms with Crippen molar-refractivity contribution in [3.05, 3.63) is 42.1 Å². The van der Waals surface area contributed by atoms with Crippen molar-refractivity contribution in [3.63, 3.8) is 0 Å². The van der Waals surface area contributed by atoms with Crippen LogP contribution in [0.25, 0.3) is 0 Å². The zero-order valence-electron chi connectivity index (χ0n) is 9.18. The van der Waals surface area contributed by atoms with E-state index in [2.05, 4.69) is 41.5 Å². The van der Waals surface area contributed by atoms with Gasteiger partial charge in [-0.2, -0.15) is 0 Å². The lowest BCUT2D eigenvalue weighted by molar-refractivity contribution is 0.789. The molecule has 1 unspecified atom stereocenters. The van der Waals surface area contributed by atoms with Crippen molar-refractivity contribution in [2.75, 3.05) is 11.1 Å². The quantitative estimate of drug-likeness (QED) is 0.853. The molecule has 0 saturated heterocycles. The van der Waals surface area contributed by atoms with Crippen molar-refractivity contribution in [2.45, 2.75) is 19.4 Å².